The normalized spacial score (nSPS) is 11.6. The Hall–Kier alpha value is -2.04. The number of hydrogen-bond acceptors (Lipinski definition) is 4. The van der Waals surface area contributed by atoms with Gasteiger partial charge in [0, 0.05) is 5.56 Å². The molecule has 1 aromatic rings. The van der Waals surface area contributed by atoms with Gasteiger partial charge >= 0.3 is 6.09 Å². The average Bonchev–Trinajstić information content (AvgIpc) is 2.26. The molecule has 0 aliphatic heterocycles. The highest BCUT2D eigenvalue weighted by Crippen LogP contribution is 2.11. The Morgan fingerprint density at radius 2 is 2.06 bits per heavy atom. The number of hydrogen-bond donors (Lipinski definition) is 1. The van der Waals surface area contributed by atoms with Crippen LogP contribution in [0.4, 0.5) is 4.79 Å². The molecule has 1 rings (SSSR count). The van der Waals surface area contributed by atoms with Crippen LogP contribution in [0.15, 0.2) is 24.3 Å². The fraction of sp³-hybridized carbons (Fsp3) is 0.273. The second kappa shape index (κ2) is 5.75. The van der Waals surface area contributed by atoms with Crippen LogP contribution in [0.25, 0.3) is 0 Å². The molecule has 0 heterocycles. The Labute approximate surface area is 93.1 Å². The summed E-state index contributed by atoms with van der Waals surface area (Å²) in [7, 11) is 0. The van der Waals surface area contributed by atoms with E-state index in [4.69, 9.17) is 10.5 Å². The maximum Gasteiger partial charge on any atom is 0.404 e. The van der Waals surface area contributed by atoms with E-state index < -0.39 is 12.2 Å². The first kappa shape index (κ1) is 12.0. The van der Waals surface area contributed by atoms with E-state index in [0.717, 1.165) is 6.29 Å². The molecule has 1 atom stereocenters. The number of nitrogens with two attached hydrogens (primary N) is 1. The molecule has 1 amide bonds. The smallest absolute Gasteiger partial charge is 0.404 e. The minimum absolute atomic E-state index is 0.212. The van der Waals surface area contributed by atoms with Gasteiger partial charge in [0.25, 0.3) is 0 Å². The van der Waals surface area contributed by atoms with Crippen LogP contribution in [0.5, 0.6) is 5.75 Å². The van der Waals surface area contributed by atoms with Crippen LogP contribution in [0.1, 0.15) is 17.3 Å². The molecule has 0 spiro atoms. The minimum atomic E-state index is -0.826. The van der Waals surface area contributed by atoms with Gasteiger partial charge in [-0.1, -0.05) is 0 Å². The lowest BCUT2D eigenvalue weighted by Crippen LogP contribution is -2.25. The third-order valence-corrected chi connectivity index (χ3v) is 1.82. The standard InChI is InChI=1S/C11H13NO4/c1-8(16-11(12)14)7-15-10-4-2-9(6-13)3-5-10/h2-6,8H,7H2,1H3,(H2,12,14)/t8-/m0/s1. The zero-order chi connectivity index (χ0) is 12.0. The Morgan fingerprint density at radius 1 is 1.44 bits per heavy atom. The molecule has 0 aliphatic rings. The maximum absolute atomic E-state index is 10.4. The summed E-state index contributed by atoms with van der Waals surface area (Å²) in [5.74, 6) is 0.602. The topological polar surface area (TPSA) is 78.6 Å². The lowest BCUT2D eigenvalue weighted by Gasteiger charge is -2.12. The SMILES string of the molecule is C[C@@H](COc1ccc(C=O)cc1)OC(N)=O. The second-order valence-electron chi connectivity index (χ2n) is 3.25. The first-order chi connectivity index (χ1) is 7.61. The van der Waals surface area contributed by atoms with Gasteiger partial charge in [-0.3, -0.25) is 4.79 Å². The first-order valence-electron chi connectivity index (χ1n) is 4.76. The highest BCUT2D eigenvalue weighted by molar-refractivity contribution is 5.74. The van der Waals surface area contributed by atoms with Gasteiger partial charge < -0.3 is 15.2 Å². The number of amides is 1. The van der Waals surface area contributed by atoms with Crippen molar-refractivity contribution in [1.82, 2.24) is 0 Å². The van der Waals surface area contributed by atoms with Crippen molar-refractivity contribution < 1.29 is 19.1 Å². The maximum atomic E-state index is 10.4. The van der Waals surface area contributed by atoms with Crippen LogP contribution < -0.4 is 10.5 Å². The summed E-state index contributed by atoms with van der Waals surface area (Å²) in [6.45, 7) is 1.88. The molecular weight excluding hydrogens is 210 g/mol. The molecule has 0 bridgehead atoms. The Bertz CT molecular complexity index is 361. The highest BCUT2D eigenvalue weighted by Gasteiger charge is 2.06. The highest BCUT2D eigenvalue weighted by atomic mass is 16.6. The van der Waals surface area contributed by atoms with Crippen LogP contribution >= 0.6 is 0 Å². The van der Waals surface area contributed by atoms with Gasteiger partial charge in [0.15, 0.2) is 0 Å². The number of rotatable bonds is 5. The molecule has 0 aliphatic carbocycles. The summed E-state index contributed by atoms with van der Waals surface area (Å²) in [5, 5.41) is 0. The Kier molecular flexibility index (Phi) is 4.32. The molecule has 1 aromatic carbocycles. The van der Waals surface area contributed by atoms with Crippen molar-refractivity contribution in [2.75, 3.05) is 6.61 Å². The Balaban J connectivity index is 2.42. The van der Waals surface area contributed by atoms with Crippen LogP contribution in [0.3, 0.4) is 0 Å². The summed E-state index contributed by atoms with van der Waals surface area (Å²) in [6, 6.07) is 6.62. The monoisotopic (exact) mass is 223 g/mol. The number of aldehydes is 1. The molecule has 0 radical (unpaired) electrons. The van der Waals surface area contributed by atoms with E-state index in [0.29, 0.717) is 11.3 Å². The van der Waals surface area contributed by atoms with Crippen molar-refractivity contribution in [1.29, 1.82) is 0 Å². The van der Waals surface area contributed by atoms with Gasteiger partial charge in [0.05, 0.1) is 0 Å². The molecular formula is C11H13NO4. The zero-order valence-electron chi connectivity index (χ0n) is 8.88. The molecule has 0 saturated carbocycles. The molecule has 5 heteroatoms. The number of benzene rings is 1. The van der Waals surface area contributed by atoms with E-state index in [1.807, 2.05) is 0 Å². The fourth-order valence-corrected chi connectivity index (χ4v) is 1.09. The van der Waals surface area contributed by atoms with Crippen molar-refractivity contribution in [2.24, 2.45) is 5.73 Å². The minimum Gasteiger partial charge on any atom is -0.490 e. The summed E-state index contributed by atoms with van der Waals surface area (Å²) < 4.78 is 9.99. The molecule has 16 heavy (non-hydrogen) atoms. The molecule has 86 valence electrons. The summed E-state index contributed by atoms with van der Waals surface area (Å²) in [5.41, 5.74) is 5.42. The lowest BCUT2D eigenvalue weighted by molar-refractivity contribution is 0.0823. The van der Waals surface area contributed by atoms with Crippen molar-refractivity contribution >= 4 is 12.4 Å². The van der Waals surface area contributed by atoms with Crippen molar-refractivity contribution in [3.05, 3.63) is 29.8 Å². The van der Waals surface area contributed by atoms with E-state index >= 15 is 0 Å². The number of primary amides is 1. The van der Waals surface area contributed by atoms with Crippen LogP contribution in [0.2, 0.25) is 0 Å². The van der Waals surface area contributed by atoms with Crippen molar-refractivity contribution in [3.63, 3.8) is 0 Å². The predicted molar refractivity (Wildman–Crippen MR) is 57.5 cm³/mol. The molecule has 0 aromatic heterocycles. The van der Waals surface area contributed by atoms with E-state index in [2.05, 4.69) is 4.74 Å². The van der Waals surface area contributed by atoms with Crippen LogP contribution in [-0.2, 0) is 4.74 Å². The van der Waals surface area contributed by atoms with Gasteiger partial charge in [-0.2, -0.15) is 0 Å². The van der Waals surface area contributed by atoms with Gasteiger partial charge in [-0.25, -0.2) is 4.79 Å². The quantitative estimate of drug-likeness (QED) is 0.764. The van der Waals surface area contributed by atoms with E-state index in [-0.39, 0.29) is 6.61 Å². The van der Waals surface area contributed by atoms with Gasteiger partial charge in [-0.05, 0) is 31.2 Å². The number of ether oxygens (including phenoxy) is 2. The largest absolute Gasteiger partial charge is 0.490 e. The Morgan fingerprint density at radius 3 is 2.56 bits per heavy atom. The average molecular weight is 223 g/mol. The van der Waals surface area contributed by atoms with E-state index in [1.165, 1.54) is 0 Å². The van der Waals surface area contributed by atoms with Gasteiger partial charge in [-0.15, -0.1) is 0 Å². The van der Waals surface area contributed by atoms with E-state index in [1.54, 1.807) is 31.2 Å². The summed E-state index contributed by atoms with van der Waals surface area (Å²) in [6.07, 6.45) is -0.488. The molecule has 0 fully saturated rings. The lowest BCUT2D eigenvalue weighted by atomic mass is 10.2. The third-order valence-electron chi connectivity index (χ3n) is 1.82. The van der Waals surface area contributed by atoms with Crippen LogP contribution in [-0.4, -0.2) is 25.1 Å². The summed E-state index contributed by atoms with van der Waals surface area (Å²) >= 11 is 0. The first-order valence-corrected chi connectivity index (χ1v) is 4.76. The molecule has 2 N–H and O–H groups in total. The van der Waals surface area contributed by atoms with E-state index in [9.17, 15) is 9.59 Å². The van der Waals surface area contributed by atoms with Crippen LogP contribution in [0, 0.1) is 0 Å². The predicted octanol–water partition coefficient (Wildman–Crippen LogP) is 1.36. The van der Waals surface area contributed by atoms with Gasteiger partial charge in [0.1, 0.15) is 24.7 Å². The molecule has 0 unspecified atom stereocenters. The molecule has 0 saturated heterocycles. The number of carbonyl (C=O) groups is 2. The molecule has 5 nitrogen and oxygen atoms in total. The van der Waals surface area contributed by atoms with Crippen molar-refractivity contribution in [2.45, 2.75) is 13.0 Å². The number of carbonyl (C=O) groups excluding carboxylic acids is 2. The second-order valence-corrected chi connectivity index (χ2v) is 3.25. The summed E-state index contributed by atoms with van der Waals surface area (Å²) in [4.78, 5) is 20.8. The van der Waals surface area contributed by atoms with Gasteiger partial charge in [0.2, 0.25) is 0 Å². The third kappa shape index (κ3) is 4.00. The fourth-order valence-electron chi connectivity index (χ4n) is 1.09. The zero-order valence-corrected chi connectivity index (χ0v) is 8.88. The van der Waals surface area contributed by atoms with Crippen molar-refractivity contribution in [3.8, 4) is 5.75 Å².